The van der Waals surface area contributed by atoms with Gasteiger partial charge in [-0.15, -0.1) is 0 Å². The molecule has 2 rings (SSSR count). The van der Waals surface area contributed by atoms with Crippen molar-refractivity contribution in [2.24, 2.45) is 5.84 Å². The number of methoxy groups -OCH3 is 2. The molecule has 0 aliphatic rings. The largest absolute Gasteiger partial charge is 0.496 e. The summed E-state index contributed by atoms with van der Waals surface area (Å²) in [7, 11) is 3.14. The van der Waals surface area contributed by atoms with Gasteiger partial charge in [0.2, 0.25) is 0 Å². The number of ether oxygens (including phenoxy) is 2. The Labute approximate surface area is 123 Å². The van der Waals surface area contributed by atoms with Crippen LogP contribution in [0, 0.1) is 12.7 Å². The first kappa shape index (κ1) is 15.3. The second kappa shape index (κ2) is 6.56. The van der Waals surface area contributed by atoms with Crippen LogP contribution in [0.1, 0.15) is 22.7 Å². The van der Waals surface area contributed by atoms with Crippen LogP contribution in [-0.2, 0) is 0 Å². The SMILES string of the molecule is COc1cccc(OC)c1C(NN)c1ccc(C)c(F)c1. The number of aryl methyl sites for hydroxylation is 1. The molecule has 0 fully saturated rings. The van der Waals surface area contributed by atoms with E-state index in [1.807, 2.05) is 24.3 Å². The molecule has 1 atom stereocenters. The molecule has 0 radical (unpaired) electrons. The Bertz CT molecular complexity index is 609. The maximum absolute atomic E-state index is 13.8. The maximum atomic E-state index is 13.8. The van der Waals surface area contributed by atoms with Gasteiger partial charge in [-0.3, -0.25) is 5.84 Å². The molecule has 0 amide bonds. The Kier molecular flexibility index (Phi) is 4.77. The summed E-state index contributed by atoms with van der Waals surface area (Å²) >= 11 is 0. The van der Waals surface area contributed by atoms with E-state index in [0.717, 1.165) is 5.56 Å². The van der Waals surface area contributed by atoms with Gasteiger partial charge in [-0.05, 0) is 36.2 Å². The molecule has 0 saturated heterocycles. The van der Waals surface area contributed by atoms with Crippen LogP contribution in [0.15, 0.2) is 36.4 Å². The Balaban J connectivity index is 2.57. The minimum absolute atomic E-state index is 0.276. The number of hydrazine groups is 1. The molecule has 0 aliphatic carbocycles. The third-order valence-electron chi connectivity index (χ3n) is 3.45. The van der Waals surface area contributed by atoms with E-state index >= 15 is 0 Å². The number of nitrogens with one attached hydrogen (secondary N) is 1. The van der Waals surface area contributed by atoms with E-state index in [0.29, 0.717) is 22.6 Å². The van der Waals surface area contributed by atoms with Gasteiger partial charge in [0.05, 0.1) is 25.8 Å². The van der Waals surface area contributed by atoms with Gasteiger partial charge in [0.15, 0.2) is 0 Å². The van der Waals surface area contributed by atoms with Gasteiger partial charge in [0.1, 0.15) is 17.3 Å². The third kappa shape index (κ3) is 2.99. The van der Waals surface area contributed by atoms with E-state index in [4.69, 9.17) is 15.3 Å². The minimum Gasteiger partial charge on any atom is -0.496 e. The van der Waals surface area contributed by atoms with E-state index in [1.165, 1.54) is 6.07 Å². The lowest BCUT2D eigenvalue weighted by molar-refractivity contribution is 0.377. The fourth-order valence-electron chi connectivity index (χ4n) is 2.30. The second-order valence-electron chi connectivity index (χ2n) is 4.68. The van der Waals surface area contributed by atoms with Gasteiger partial charge in [0.25, 0.3) is 0 Å². The fourth-order valence-corrected chi connectivity index (χ4v) is 2.30. The predicted octanol–water partition coefficient (Wildman–Crippen LogP) is 2.70. The molecule has 5 heteroatoms. The first-order valence-electron chi connectivity index (χ1n) is 6.55. The van der Waals surface area contributed by atoms with Crippen LogP contribution in [0.5, 0.6) is 11.5 Å². The number of hydrogen-bond donors (Lipinski definition) is 2. The van der Waals surface area contributed by atoms with Crippen LogP contribution < -0.4 is 20.7 Å². The maximum Gasteiger partial charge on any atom is 0.127 e. The predicted molar refractivity (Wildman–Crippen MR) is 79.8 cm³/mol. The average Bonchev–Trinajstić information content (AvgIpc) is 2.51. The summed E-state index contributed by atoms with van der Waals surface area (Å²) in [5, 5.41) is 0. The van der Waals surface area contributed by atoms with Crippen molar-refractivity contribution in [2.45, 2.75) is 13.0 Å². The fraction of sp³-hybridized carbons (Fsp3) is 0.250. The molecular formula is C16H19FN2O2. The van der Waals surface area contributed by atoms with E-state index in [1.54, 1.807) is 27.2 Å². The monoisotopic (exact) mass is 290 g/mol. The van der Waals surface area contributed by atoms with Crippen molar-refractivity contribution in [1.29, 1.82) is 0 Å². The van der Waals surface area contributed by atoms with Crippen LogP contribution in [0.2, 0.25) is 0 Å². The molecule has 4 nitrogen and oxygen atoms in total. The standard InChI is InChI=1S/C16H19FN2O2/c1-10-7-8-11(9-12(10)17)16(19-18)15-13(20-2)5-4-6-14(15)21-3/h4-9,16,19H,18H2,1-3H3. The van der Waals surface area contributed by atoms with Gasteiger partial charge in [-0.2, -0.15) is 0 Å². The summed E-state index contributed by atoms with van der Waals surface area (Å²) < 4.78 is 24.6. The van der Waals surface area contributed by atoms with E-state index in [2.05, 4.69) is 5.43 Å². The smallest absolute Gasteiger partial charge is 0.127 e. The Morgan fingerprint density at radius 2 is 1.71 bits per heavy atom. The summed E-state index contributed by atoms with van der Waals surface area (Å²) in [4.78, 5) is 0. The van der Waals surface area contributed by atoms with Gasteiger partial charge < -0.3 is 9.47 Å². The van der Waals surface area contributed by atoms with Crippen molar-refractivity contribution in [2.75, 3.05) is 14.2 Å². The lowest BCUT2D eigenvalue weighted by Crippen LogP contribution is -2.29. The summed E-state index contributed by atoms with van der Waals surface area (Å²) in [5.74, 6) is 6.66. The highest BCUT2D eigenvalue weighted by molar-refractivity contribution is 5.50. The van der Waals surface area contributed by atoms with Crippen molar-refractivity contribution in [3.63, 3.8) is 0 Å². The van der Waals surface area contributed by atoms with E-state index < -0.39 is 6.04 Å². The highest BCUT2D eigenvalue weighted by Gasteiger charge is 2.22. The second-order valence-corrected chi connectivity index (χ2v) is 4.68. The molecule has 0 bridgehead atoms. The molecule has 0 aromatic heterocycles. The zero-order valence-corrected chi connectivity index (χ0v) is 12.3. The normalized spacial score (nSPS) is 12.0. The lowest BCUT2D eigenvalue weighted by Gasteiger charge is -2.22. The van der Waals surface area contributed by atoms with Gasteiger partial charge in [-0.1, -0.05) is 18.2 Å². The Hall–Kier alpha value is -2.11. The van der Waals surface area contributed by atoms with Crippen molar-refractivity contribution in [3.8, 4) is 11.5 Å². The highest BCUT2D eigenvalue weighted by atomic mass is 19.1. The van der Waals surface area contributed by atoms with Gasteiger partial charge >= 0.3 is 0 Å². The quantitative estimate of drug-likeness (QED) is 0.656. The number of halogens is 1. The lowest BCUT2D eigenvalue weighted by atomic mass is 9.96. The molecule has 0 heterocycles. The van der Waals surface area contributed by atoms with Crippen LogP contribution in [-0.4, -0.2) is 14.2 Å². The van der Waals surface area contributed by atoms with Crippen molar-refractivity contribution >= 4 is 0 Å². The van der Waals surface area contributed by atoms with Crippen LogP contribution in [0.4, 0.5) is 4.39 Å². The average molecular weight is 290 g/mol. The highest BCUT2D eigenvalue weighted by Crippen LogP contribution is 2.37. The van der Waals surface area contributed by atoms with E-state index in [9.17, 15) is 4.39 Å². The number of benzene rings is 2. The summed E-state index contributed by atoms with van der Waals surface area (Å²) in [6.07, 6.45) is 0. The number of hydrogen-bond acceptors (Lipinski definition) is 4. The van der Waals surface area contributed by atoms with E-state index in [-0.39, 0.29) is 5.82 Å². The topological polar surface area (TPSA) is 56.5 Å². The molecule has 0 aliphatic heterocycles. The Morgan fingerprint density at radius 3 is 2.19 bits per heavy atom. The van der Waals surface area contributed by atoms with Crippen molar-refractivity contribution < 1.29 is 13.9 Å². The third-order valence-corrected chi connectivity index (χ3v) is 3.45. The van der Waals surface area contributed by atoms with Crippen LogP contribution in [0.25, 0.3) is 0 Å². The molecule has 2 aromatic rings. The Morgan fingerprint density at radius 1 is 1.10 bits per heavy atom. The molecule has 21 heavy (non-hydrogen) atoms. The molecular weight excluding hydrogens is 271 g/mol. The van der Waals surface area contributed by atoms with Gasteiger partial charge in [0, 0.05) is 0 Å². The first-order chi connectivity index (χ1) is 10.1. The molecule has 2 aromatic carbocycles. The summed E-state index contributed by atoms with van der Waals surface area (Å²) in [6, 6.07) is 10.0. The van der Waals surface area contributed by atoms with Gasteiger partial charge in [-0.25, -0.2) is 9.82 Å². The molecule has 1 unspecified atom stereocenters. The van der Waals surface area contributed by atoms with Crippen LogP contribution in [0.3, 0.4) is 0 Å². The summed E-state index contributed by atoms with van der Waals surface area (Å²) in [5.41, 5.74) is 4.72. The minimum atomic E-state index is -0.439. The number of nitrogens with two attached hydrogens (primary N) is 1. The zero-order valence-electron chi connectivity index (χ0n) is 12.3. The zero-order chi connectivity index (χ0) is 15.4. The van der Waals surface area contributed by atoms with Crippen molar-refractivity contribution in [1.82, 2.24) is 5.43 Å². The first-order valence-corrected chi connectivity index (χ1v) is 6.55. The number of rotatable bonds is 5. The summed E-state index contributed by atoms with van der Waals surface area (Å²) in [6.45, 7) is 1.72. The van der Waals surface area contributed by atoms with Crippen molar-refractivity contribution in [3.05, 3.63) is 58.9 Å². The molecule has 0 spiro atoms. The molecule has 3 N–H and O–H groups in total. The van der Waals surface area contributed by atoms with Crippen LogP contribution >= 0.6 is 0 Å². The molecule has 0 saturated carbocycles. The molecule has 112 valence electrons.